The van der Waals surface area contributed by atoms with Gasteiger partial charge in [-0.15, -0.1) is 0 Å². The minimum atomic E-state index is -0.467. The van der Waals surface area contributed by atoms with E-state index in [4.69, 9.17) is 4.74 Å². The highest BCUT2D eigenvalue weighted by Gasteiger charge is 2.18. The van der Waals surface area contributed by atoms with Crippen LogP contribution in [0.1, 0.15) is 12.1 Å². The Balaban J connectivity index is 1.69. The number of nitrogens with one attached hydrogen (secondary N) is 1. The lowest BCUT2D eigenvalue weighted by Gasteiger charge is -2.29. The van der Waals surface area contributed by atoms with Crippen LogP contribution in [0.3, 0.4) is 0 Å². The van der Waals surface area contributed by atoms with Gasteiger partial charge in [-0.3, -0.25) is 24.8 Å². The molecule has 0 spiro atoms. The summed E-state index contributed by atoms with van der Waals surface area (Å²) in [5, 5.41) is 13.9. The Morgan fingerprint density at radius 3 is 2.73 bits per heavy atom. The molecule has 3 rings (SSSR count). The zero-order valence-electron chi connectivity index (χ0n) is 14.5. The fourth-order valence-corrected chi connectivity index (χ4v) is 2.74. The van der Waals surface area contributed by atoms with E-state index < -0.39 is 4.92 Å². The molecule has 0 atom stereocenters. The number of Topliss-reactive ketones (excluding diaryl/α,β-unsaturated/α-hetero) is 1. The maximum absolute atomic E-state index is 12.1. The standard InChI is InChI=1S/C18H20N4O4/c1-19-17-4-3-15(11-18(17)22(24)25)26-16-5-6-20-13(10-16)9-14(23)12-21-7-2-8-21/h3-6,10-11,19H,2,7-9,12H2,1H3. The third-order valence-electron chi connectivity index (χ3n) is 4.19. The lowest BCUT2D eigenvalue weighted by atomic mass is 10.1. The van der Waals surface area contributed by atoms with Crippen molar-refractivity contribution in [3.05, 3.63) is 52.3 Å². The number of hydrogen-bond acceptors (Lipinski definition) is 7. The monoisotopic (exact) mass is 356 g/mol. The van der Waals surface area contributed by atoms with E-state index >= 15 is 0 Å². The predicted molar refractivity (Wildman–Crippen MR) is 96.7 cm³/mol. The van der Waals surface area contributed by atoms with Crippen molar-refractivity contribution in [2.75, 3.05) is 32.0 Å². The Bertz CT molecular complexity index is 821. The molecule has 1 aliphatic rings. The number of likely N-dealkylation sites (tertiary alicyclic amines) is 1. The fourth-order valence-electron chi connectivity index (χ4n) is 2.74. The molecule has 0 bridgehead atoms. The van der Waals surface area contributed by atoms with Crippen molar-refractivity contribution in [3.8, 4) is 11.5 Å². The van der Waals surface area contributed by atoms with Gasteiger partial charge in [0.25, 0.3) is 5.69 Å². The summed E-state index contributed by atoms with van der Waals surface area (Å²) in [4.78, 5) is 29.1. The summed E-state index contributed by atoms with van der Waals surface area (Å²) < 4.78 is 5.71. The Labute approximate surface area is 150 Å². The molecule has 8 heteroatoms. The summed E-state index contributed by atoms with van der Waals surface area (Å²) in [6, 6.07) is 7.94. The second kappa shape index (κ2) is 7.92. The molecule has 0 saturated carbocycles. The first-order valence-corrected chi connectivity index (χ1v) is 8.38. The van der Waals surface area contributed by atoms with E-state index in [2.05, 4.69) is 15.2 Å². The average molecular weight is 356 g/mol. The van der Waals surface area contributed by atoms with Crippen molar-refractivity contribution in [2.24, 2.45) is 0 Å². The molecule has 0 radical (unpaired) electrons. The molecular weight excluding hydrogens is 336 g/mol. The minimum absolute atomic E-state index is 0.0657. The number of aromatic nitrogens is 1. The third-order valence-corrected chi connectivity index (χ3v) is 4.19. The Kier molecular flexibility index (Phi) is 5.43. The summed E-state index contributed by atoms with van der Waals surface area (Å²) in [7, 11) is 1.62. The predicted octanol–water partition coefficient (Wildman–Crippen LogP) is 2.64. The van der Waals surface area contributed by atoms with Crippen LogP contribution in [0.25, 0.3) is 0 Å². The first-order chi connectivity index (χ1) is 12.5. The van der Waals surface area contributed by atoms with Crippen molar-refractivity contribution in [3.63, 3.8) is 0 Å². The van der Waals surface area contributed by atoms with Gasteiger partial charge in [0.1, 0.15) is 17.2 Å². The van der Waals surface area contributed by atoms with Gasteiger partial charge >= 0.3 is 0 Å². The van der Waals surface area contributed by atoms with Crippen LogP contribution in [0, 0.1) is 10.1 Å². The SMILES string of the molecule is CNc1ccc(Oc2ccnc(CC(=O)CN3CCC3)c2)cc1[N+](=O)[O-]. The second-order valence-electron chi connectivity index (χ2n) is 6.12. The fraction of sp³-hybridized carbons (Fsp3) is 0.333. The van der Waals surface area contributed by atoms with Crippen LogP contribution in [-0.2, 0) is 11.2 Å². The summed E-state index contributed by atoms with van der Waals surface area (Å²) in [5.74, 6) is 0.946. The van der Waals surface area contributed by atoms with Crippen LogP contribution in [-0.4, -0.2) is 47.3 Å². The van der Waals surface area contributed by atoms with Crippen LogP contribution < -0.4 is 10.1 Å². The number of hydrogen-bond donors (Lipinski definition) is 1. The average Bonchev–Trinajstić information content (AvgIpc) is 2.58. The Morgan fingerprint density at radius 1 is 1.31 bits per heavy atom. The van der Waals surface area contributed by atoms with Crippen LogP contribution in [0.15, 0.2) is 36.5 Å². The molecular formula is C18H20N4O4. The summed E-state index contributed by atoms with van der Waals surface area (Å²) in [6.45, 7) is 2.40. The molecule has 1 fully saturated rings. The lowest BCUT2D eigenvalue weighted by Crippen LogP contribution is -2.41. The van der Waals surface area contributed by atoms with E-state index in [0.717, 1.165) is 19.5 Å². The molecule has 0 aliphatic carbocycles. The summed E-state index contributed by atoms with van der Waals surface area (Å²) in [6.07, 6.45) is 2.96. The van der Waals surface area contributed by atoms with Gasteiger partial charge in [-0.05, 0) is 37.7 Å². The number of nitrogens with zero attached hydrogens (tertiary/aromatic N) is 3. The van der Waals surface area contributed by atoms with E-state index in [9.17, 15) is 14.9 Å². The van der Waals surface area contributed by atoms with Crippen LogP contribution >= 0.6 is 0 Å². The van der Waals surface area contributed by atoms with E-state index in [1.54, 1.807) is 37.5 Å². The topological polar surface area (TPSA) is 97.6 Å². The normalized spacial score (nSPS) is 13.7. The van der Waals surface area contributed by atoms with Gasteiger partial charge in [0.15, 0.2) is 5.78 Å². The smallest absolute Gasteiger partial charge is 0.296 e. The molecule has 1 saturated heterocycles. The molecule has 2 heterocycles. The van der Waals surface area contributed by atoms with Gasteiger partial charge in [0.05, 0.1) is 29.6 Å². The Hall–Kier alpha value is -3.00. The highest BCUT2D eigenvalue weighted by atomic mass is 16.6. The van der Waals surface area contributed by atoms with E-state index in [-0.39, 0.29) is 17.9 Å². The third kappa shape index (κ3) is 4.34. The molecule has 8 nitrogen and oxygen atoms in total. The molecule has 2 aromatic rings. The second-order valence-corrected chi connectivity index (χ2v) is 6.12. The minimum Gasteiger partial charge on any atom is -0.457 e. The highest BCUT2D eigenvalue weighted by molar-refractivity contribution is 5.82. The number of pyridine rings is 1. The number of ether oxygens (including phenoxy) is 1. The number of anilines is 1. The highest BCUT2D eigenvalue weighted by Crippen LogP contribution is 2.31. The van der Waals surface area contributed by atoms with E-state index in [1.165, 1.54) is 6.07 Å². The van der Waals surface area contributed by atoms with Crippen LogP contribution in [0.5, 0.6) is 11.5 Å². The number of nitro groups is 1. The molecule has 1 aromatic heterocycles. The van der Waals surface area contributed by atoms with Gasteiger partial charge in [0, 0.05) is 19.3 Å². The number of rotatable bonds is 8. The van der Waals surface area contributed by atoms with Crippen LogP contribution in [0.4, 0.5) is 11.4 Å². The molecule has 1 aromatic carbocycles. The Morgan fingerprint density at radius 2 is 2.08 bits per heavy atom. The van der Waals surface area contributed by atoms with Gasteiger partial charge in [0.2, 0.25) is 0 Å². The number of carbonyl (C=O) groups excluding carboxylic acids is 1. The first kappa shape index (κ1) is 17.8. The quantitative estimate of drug-likeness (QED) is 0.573. The van der Waals surface area contributed by atoms with Gasteiger partial charge in [-0.2, -0.15) is 0 Å². The van der Waals surface area contributed by atoms with Crippen molar-refractivity contribution in [1.82, 2.24) is 9.88 Å². The van der Waals surface area contributed by atoms with Gasteiger partial charge in [-0.1, -0.05) is 0 Å². The molecule has 1 aliphatic heterocycles. The number of carbonyl (C=O) groups is 1. The zero-order chi connectivity index (χ0) is 18.5. The summed E-state index contributed by atoms with van der Waals surface area (Å²) in [5.41, 5.74) is 0.965. The molecule has 136 valence electrons. The van der Waals surface area contributed by atoms with Gasteiger partial charge < -0.3 is 10.1 Å². The lowest BCUT2D eigenvalue weighted by molar-refractivity contribution is -0.384. The van der Waals surface area contributed by atoms with E-state index in [0.29, 0.717) is 29.4 Å². The summed E-state index contributed by atoms with van der Waals surface area (Å²) >= 11 is 0. The van der Waals surface area contributed by atoms with Crippen LogP contribution in [0.2, 0.25) is 0 Å². The molecule has 0 amide bonds. The zero-order valence-corrected chi connectivity index (χ0v) is 14.5. The maximum Gasteiger partial charge on any atom is 0.296 e. The first-order valence-electron chi connectivity index (χ1n) is 8.38. The van der Waals surface area contributed by atoms with E-state index in [1.807, 2.05) is 0 Å². The number of ketones is 1. The van der Waals surface area contributed by atoms with Crippen molar-refractivity contribution >= 4 is 17.2 Å². The largest absolute Gasteiger partial charge is 0.457 e. The maximum atomic E-state index is 12.1. The molecule has 1 N–H and O–H groups in total. The van der Waals surface area contributed by atoms with Crippen molar-refractivity contribution in [2.45, 2.75) is 12.8 Å². The number of nitro benzene ring substituents is 1. The van der Waals surface area contributed by atoms with Gasteiger partial charge in [-0.25, -0.2) is 0 Å². The van der Waals surface area contributed by atoms with Crippen molar-refractivity contribution < 1.29 is 14.5 Å². The van der Waals surface area contributed by atoms with Crippen molar-refractivity contribution in [1.29, 1.82) is 0 Å². The number of benzene rings is 1. The molecule has 26 heavy (non-hydrogen) atoms. The molecule has 0 unspecified atom stereocenters.